The second-order valence-electron chi connectivity index (χ2n) is 7.17. The molecule has 7 nitrogen and oxygen atoms in total. The quantitative estimate of drug-likeness (QED) is 0.496. The second kappa shape index (κ2) is 10.2. The summed E-state index contributed by atoms with van der Waals surface area (Å²) in [6, 6.07) is 18.3. The third-order valence-corrected chi connectivity index (χ3v) is 6.11. The van der Waals surface area contributed by atoms with Crippen LogP contribution in [0, 0.1) is 13.8 Å². The molecule has 8 heteroatoms. The standard InChI is InChI=1S/C24H26N2O5S/c1-4-30-21-9-7-19(8-10-21)25-24(27)16-31-22-11-13-23(14-12-22)32(28,29)26-20-6-5-17(2)18(3)15-20/h5-15,26H,4,16H2,1-3H3,(H,25,27). The minimum Gasteiger partial charge on any atom is -0.494 e. The molecule has 3 aromatic carbocycles. The Hall–Kier alpha value is -3.52. The maximum absolute atomic E-state index is 12.6. The topological polar surface area (TPSA) is 93.7 Å². The summed E-state index contributed by atoms with van der Waals surface area (Å²) in [4.78, 5) is 12.2. The summed E-state index contributed by atoms with van der Waals surface area (Å²) in [7, 11) is -3.73. The number of sulfonamides is 1. The van der Waals surface area contributed by atoms with Crippen molar-refractivity contribution in [3.63, 3.8) is 0 Å². The number of anilines is 2. The molecule has 168 valence electrons. The summed E-state index contributed by atoms with van der Waals surface area (Å²) in [6.45, 7) is 6.15. The van der Waals surface area contributed by atoms with Gasteiger partial charge < -0.3 is 14.8 Å². The van der Waals surface area contributed by atoms with Crippen molar-refractivity contribution in [2.45, 2.75) is 25.7 Å². The summed E-state index contributed by atoms with van der Waals surface area (Å²) in [5.74, 6) is 0.781. The lowest BCUT2D eigenvalue weighted by atomic mass is 10.1. The van der Waals surface area contributed by atoms with Crippen molar-refractivity contribution in [2.75, 3.05) is 23.3 Å². The largest absolute Gasteiger partial charge is 0.494 e. The lowest BCUT2D eigenvalue weighted by Gasteiger charge is -2.11. The van der Waals surface area contributed by atoms with Crippen molar-refractivity contribution >= 4 is 27.3 Å². The number of carbonyl (C=O) groups is 1. The number of nitrogens with one attached hydrogen (secondary N) is 2. The molecule has 0 spiro atoms. The van der Waals surface area contributed by atoms with Gasteiger partial charge in [0.25, 0.3) is 15.9 Å². The van der Waals surface area contributed by atoms with Crippen molar-refractivity contribution in [3.8, 4) is 11.5 Å². The molecule has 0 aliphatic heterocycles. The van der Waals surface area contributed by atoms with E-state index in [1.807, 2.05) is 26.8 Å². The summed E-state index contributed by atoms with van der Waals surface area (Å²) in [5.41, 5.74) is 3.21. The molecule has 2 N–H and O–H groups in total. The van der Waals surface area contributed by atoms with E-state index in [-0.39, 0.29) is 17.4 Å². The van der Waals surface area contributed by atoms with E-state index in [2.05, 4.69) is 10.0 Å². The van der Waals surface area contributed by atoms with Crippen LogP contribution in [0.3, 0.4) is 0 Å². The fraction of sp³-hybridized carbons (Fsp3) is 0.208. The highest BCUT2D eigenvalue weighted by Gasteiger charge is 2.15. The summed E-state index contributed by atoms with van der Waals surface area (Å²) in [5, 5.41) is 2.73. The van der Waals surface area contributed by atoms with E-state index in [0.717, 1.165) is 16.9 Å². The fourth-order valence-corrected chi connectivity index (χ4v) is 3.93. The monoisotopic (exact) mass is 454 g/mol. The third-order valence-electron chi connectivity index (χ3n) is 4.71. The van der Waals surface area contributed by atoms with Gasteiger partial charge in [0.15, 0.2) is 6.61 Å². The van der Waals surface area contributed by atoms with Crippen LogP contribution in [0.4, 0.5) is 11.4 Å². The Balaban J connectivity index is 1.55. The minimum absolute atomic E-state index is 0.0990. The zero-order valence-electron chi connectivity index (χ0n) is 18.2. The molecule has 0 radical (unpaired) electrons. The Morgan fingerprint density at radius 1 is 0.812 bits per heavy atom. The number of aryl methyl sites for hydroxylation is 2. The third kappa shape index (κ3) is 6.24. The Kier molecular flexibility index (Phi) is 7.37. The number of ether oxygens (including phenoxy) is 2. The number of rotatable bonds is 9. The summed E-state index contributed by atoms with van der Waals surface area (Å²) < 4.78 is 38.6. The zero-order chi connectivity index (χ0) is 23.1. The molecule has 0 saturated carbocycles. The smallest absolute Gasteiger partial charge is 0.262 e. The molecule has 0 fully saturated rings. The number of hydrogen-bond donors (Lipinski definition) is 2. The van der Waals surface area contributed by atoms with Crippen LogP contribution in [0.15, 0.2) is 71.6 Å². The Bertz CT molecular complexity index is 1170. The molecule has 3 aromatic rings. The van der Waals surface area contributed by atoms with Gasteiger partial charge in [-0.1, -0.05) is 6.07 Å². The van der Waals surface area contributed by atoms with E-state index in [1.54, 1.807) is 36.4 Å². The fourth-order valence-electron chi connectivity index (χ4n) is 2.88. The van der Waals surface area contributed by atoms with Gasteiger partial charge in [-0.05, 0) is 92.6 Å². The summed E-state index contributed by atoms with van der Waals surface area (Å²) in [6.07, 6.45) is 0. The van der Waals surface area contributed by atoms with Gasteiger partial charge in [-0.3, -0.25) is 9.52 Å². The van der Waals surface area contributed by atoms with Gasteiger partial charge in [-0.15, -0.1) is 0 Å². The van der Waals surface area contributed by atoms with Gasteiger partial charge in [-0.25, -0.2) is 8.42 Å². The van der Waals surface area contributed by atoms with E-state index in [4.69, 9.17) is 9.47 Å². The molecule has 0 aliphatic carbocycles. The molecule has 32 heavy (non-hydrogen) atoms. The molecule has 0 aliphatic rings. The molecule has 0 aromatic heterocycles. The lowest BCUT2D eigenvalue weighted by Crippen LogP contribution is -2.20. The van der Waals surface area contributed by atoms with Crippen LogP contribution in [0.2, 0.25) is 0 Å². The van der Waals surface area contributed by atoms with Crippen LogP contribution in [-0.4, -0.2) is 27.5 Å². The van der Waals surface area contributed by atoms with Crippen LogP contribution < -0.4 is 19.5 Å². The van der Waals surface area contributed by atoms with Gasteiger partial charge in [0, 0.05) is 11.4 Å². The summed E-state index contributed by atoms with van der Waals surface area (Å²) >= 11 is 0. The molecular weight excluding hydrogens is 428 g/mol. The number of benzene rings is 3. The SMILES string of the molecule is CCOc1ccc(NC(=O)COc2ccc(S(=O)(=O)Nc3ccc(C)c(C)c3)cc2)cc1. The normalized spacial score (nSPS) is 11.0. The molecule has 0 atom stereocenters. The number of hydrogen-bond acceptors (Lipinski definition) is 5. The van der Waals surface area contributed by atoms with Gasteiger partial charge >= 0.3 is 0 Å². The zero-order valence-corrected chi connectivity index (χ0v) is 19.0. The van der Waals surface area contributed by atoms with Crippen molar-refractivity contribution in [3.05, 3.63) is 77.9 Å². The molecule has 3 rings (SSSR count). The average Bonchev–Trinajstić information content (AvgIpc) is 2.76. The lowest BCUT2D eigenvalue weighted by molar-refractivity contribution is -0.118. The highest BCUT2D eigenvalue weighted by atomic mass is 32.2. The molecule has 0 saturated heterocycles. The second-order valence-corrected chi connectivity index (χ2v) is 8.85. The Morgan fingerprint density at radius 2 is 1.41 bits per heavy atom. The predicted molar refractivity (Wildman–Crippen MR) is 125 cm³/mol. The van der Waals surface area contributed by atoms with Gasteiger partial charge in [-0.2, -0.15) is 0 Å². The number of amides is 1. The van der Waals surface area contributed by atoms with Crippen molar-refractivity contribution in [2.24, 2.45) is 0 Å². The minimum atomic E-state index is -3.73. The van der Waals surface area contributed by atoms with Crippen molar-refractivity contribution < 1.29 is 22.7 Å². The molecule has 1 amide bonds. The van der Waals surface area contributed by atoms with Crippen molar-refractivity contribution in [1.82, 2.24) is 0 Å². The van der Waals surface area contributed by atoms with E-state index in [1.165, 1.54) is 24.3 Å². The van der Waals surface area contributed by atoms with Crippen LogP contribution >= 0.6 is 0 Å². The van der Waals surface area contributed by atoms with E-state index < -0.39 is 10.0 Å². The first-order chi connectivity index (χ1) is 15.3. The first-order valence-corrected chi connectivity index (χ1v) is 11.6. The van der Waals surface area contributed by atoms with E-state index in [0.29, 0.717) is 23.7 Å². The molecule has 0 bridgehead atoms. The highest BCUT2D eigenvalue weighted by molar-refractivity contribution is 7.92. The Morgan fingerprint density at radius 3 is 2.03 bits per heavy atom. The van der Waals surface area contributed by atoms with E-state index >= 15 is 0 Å². The van der Waals surface area contributed by atoms with Crippen LogP contribution in [0.25, 0.3) is 0 Å². The van der Waals surface area contributed by atoms with E-state index in [9.17, 15) is 13.2 Å². The first-order valence-electron chi connectivity index (χ1n) is 10.1. The molecular formula is C24H26N2O5S. The Labute approximate surface area is 188 Å². The maximum atomic E-state index is 12.6. The highest BCUT2D eigenvalue weighted by Crippen LogP contribution is 2.21. The van der Waals surface area contributed by atoms with Crippen molar-refractivity contribution in [1.29, 1.82) is 0 Å². The van der Waals surface area contributed by atoms with Gasteiger partial charge in [0.1, 0.15) is 11.5 Å². The maximum Gasteiger partial charge on any atom is 0.262 e. The average molecular weight is 455 g/mol. The number of carbonyl (C=O) groups excluding carboxylic acids is 1. The predicted octanol–water partition coefficient (Wildman–Crippen LogP) is 4.52. The van der Waals surface area contributed by atoms with Crippen LogP contribution in [-0.2, 0) is 14.8 Å². The first kappa shape index (κ1) is 23.1. The van der Waals surface area contributed by atoms with Gasteiger partial charge in [0.05, 0.1) is 11.5 Å². The molecule has 0 heterocycles. The molecule has 0 unspecified atom stereocenters. The van der Waals surface area contributed by atoms with Gasteiger partial charge in [0.2, 0.25) is 0 Å². The van der Waals surface area contributed by atoms with Crippen LogP contribution in [0.5, 0.6) is 11.5 Å². The van der Waals surface area contributed by atoms with Crippen LogP contribution in [0.1, 0.15) is 18.1 Å².